The van der Waals surface area contributed by atoms with E-state index in [0.29, 0.717) is 6.42 Å². The molecule has 0 saturated carbocycles. The van der Waals surface area contributed by atoms with E-state index < -0.39 is 22.2 Å². The summed E-state index contributed by atoms with van der Waals surface area (Å²) in [5.41, 5.74) is 4.91. The van der Waals surface area contributed by atoms with Crippen molar-refractivity contribution in [2.45, 2.75) is 17.4 Å². The van der Waals surface area contributed by atoms with Gasteiger partial charge in [-0.05, 0) is 18.6 Å². The Morgan fingerprint density at radius 2 is 2.10 bits per heavy atom. The normalized spacial score (nSPS) is 20.0. The van der Waals surface area contributed by atoms with Crippen molar-refractivity contribution in [2.75, 3.05) is 13.1 Å². The highest BCUT2D eigenvalue weighted by molar-refractivity contribution is 7.89. The number of nitrogens with zero attached hydrogens (tertiary/aromatic N) is 1. The van der Waals surface area contributed by atoms with Crippen LogP contribution in [0, 0.1) is 0 Å². The van der Waals surface area contributed by atoms with Crippen molar-refractivity contribution in [1.82, 2.24) is 4.31 Å². The van der Waals surface area contributed by atoms with Crippen molar-refractivity contribution in [1.29, 1.82) is 0 Å². The van der Waals surface area contributed by atoms with Gasteiger partial charge in [0.15, 0.2) is 0 Å². The number of hydrogen-bond acceptors (Lipinski definition) is 4. The van der Waals surface area contributed by atoms with Gasteiger partial charge in [0.05, 0.1) is 16.6 Å². The first-order valence-corrected chi connectivity index (χ1v) is 7.92. The Balaban J connectivity index is 2.24. The summed E-state index contributed by atoms with van der Waals surface area (Å²) in [4.78, 5) is 10.6. The van der Waals surface area contributed by atoms with Crippen molar-refractivity contribution in [3.05, 3.63) is 28.2 Å². The zero-order chi connectivity index (χ0) is 14.9. The maximum Gasteiger partial charge on any atom is 0.404 e. The fourth-order valence-electron chi connectivity index (χ4n) is 2.00. The summed E-state index contributed by atoms with van der Waals surface area (Å²) in [5.74, 6) is 0. The number of benzene rings is 1. The molecule has 6 nitrogen and oxygen atoms in total. The van der Waals surface area contributed by atoms with Gasteiger partial charge in [-0.1, -0.05) is 29.3 Å². The number of rotatable bonds is 3. The molecule has 9 heteroatoms. The second-order valence-corrected chi connectivity index (χ2v) is 6.95. The standard InChI is InChI=1S/C11H12Cl2N2O4S/c12-8-2-1-3-9(10(8)13)20(17,18)15-5-4-7(6-15)19-11(14)16/h1-3,7H,4-6H2,(H2,14,16). The molecule has 1 aromatic rings. The fourth-order valence-corrected chi connectivity index (χ4v) is 4.22. The molecular weight excluding hydrogens is 327 g/mol. The molecule has 1 aromatic carbocycles. The van der Waals surface area contributed by atoms with E-state index in [1.54, 1.807) is 0 Å². The molecule has 1 unspecified atom stereocenters. The van der Waals surface area contributed by atoms with Crippen molar-refractivity contribution in [2.24, 2.45) is 5.73 Å². The average molecular weight is 339 g/mol. The highest BCUT2D eigenvalue weighted by Gasteiger charge is 2.35. The molecule has 0 aliphatic carbocycles. The minimum absolute atomic E-state index is 0.0200. The molecule has 0 bridgehead atoms. The van der Waals surface area contributed by atoms with Crippen LogP contribution in [0.4, 0.5) is 4.79 Å². The Morgan fingerprint density at radius 3 is 2.75 bits per heavy atom. The largest absolute Gasteiger partial charge is 0.445 e. The third kappa shape index (κ3) is 3.01. The van der Waals surface area contributed by atoms with E-state index in [1.807, 2.05) is 0 Å². The molecule has 2 rings (SSSR count). The lowest BCUT2D eigenvalue weighted by Crippen LogP contribution is -2.31. The third-order valence-corrected chi connectivity index (χ3v) is 5.76. The van der Waals surface area contributed by atoms with Gasteiger partial charge in [0.1, 0.15) is 11.0 Å². The highest BCUT2D eigenvalue weighted by Crippen LogP contribution is 2.32. The fraction of sp³-hybridized carbons (Fsp3) is 0.364. The number of ether oxygens (including phenoxy) is 1. The molecule has 0 radical (unpaired) electrons. The molecule has 20 heavy (non-hydrogen) atoms. The topological polar surface area (TPSA) is 89.7 Å². The molecule has 110 valence electrons. The number of carbonyl (C=O) groups excluding carboxylic acids is 1. The van der Waals surface area contributed by atoms with Crippen molar-refractivity contribution < 1.29 is 17.9 Å². The van der Waals surface area contributed by atoms with Crippen molar-refractivity contribution in [3.8, 4) is 0 Å². The lowest BCUT2D eigenvalue weighted by atomic mass is 10.3. The zero-order valence-electron chi connectivity index (χ0n) is 10.3. The first-order valence-electron chi connectivity index (χ1n) is 5.72. The van der Waals surface area contributed by atoms with Gasteiger partial charge in [-0.3, -0.25) is 0 Å². The first kappa shape index (κ1) is 15.4. The van der Waals surface area contributed by atoms with Crippen LogP contribution in [0.2, 0.25) is 10.0 Å². The summed E-state index contributed by atoms with van der Waals surface area (Å²) in [7, 11) is -3.78. The number of halogens is 2. The van der Waals surface area contributed by atoms with Crippen LogP contribution >= 0.6 is 23.2 Å². The zero-order valence-corrected chi connectivity index (χ0v) is 12.6. The van der Waals surface area contributed by atoms with E-state index in [1.165, 1.54) is 22.5 Å². The molecule has 0 aromatic heterocycles. The van der Waals surface area contributed by atoms with Crippen LogP contribution in [0.1, 0.15) is 6.42 Å². The van der Waals surface area contributed by atoms with E-state index in [9.17, 15) is 13.2 Å². The maximum absolute atomic E-state index is 12.4. The van der Waals surface area contributed by atoms with Gasteiger partial charge in [0, 0.05) is 6.54 Å². The van der Waals surface area contributed by atoms with Crippen molar-refractivity contribution in [3.63, 3.8) is 0 Å². The second kappa shape index (κ2) is 5.77. The Morgan fingerprint density at radius 1 is 1.40 bits per heavy atom. The van der Waals surface area contributed by atoms with Gasteiger partial charge in [-0.15, -0.1) is 0 Å². The van der Waals surface area contributed by atoms with E-state index in [2.05, 4.69) is 0 Å². The van der Waals surface area contributed by atoms with Crippen LogP contribution in [0.25, 0.3) is 0 Å². The molecule has 1 fully saturated rings. The first-order chi connectivity index (χ1) is 9.32. The lowest BCUT2D eigenvalue weighted by Gasteiger charge is -2.17. The molecule has 1 saturated heterocycles. The van der Waals surface area contributed by atoms with E-state index in [-0.39, 0.29) is 28.0 Å². The van der Waals surface area contributed by atoms with Gasteiger partial charge in [0.2, 0.25) is 10.0 Å². The summed E-state index contributed by atoms with van der Waals surface area (Å²) >= 11 is 11.8. The number of hydrogen-bond donors (Lipinski definition) is 1. The predicted octanol–water partition coefficient (Wildman–Crippen LogP) is 1.85. The second-order valence-electron chi connectivity index (χ2n) is 4.26. The number of nitrogens with two attached hydrogens (primary N) is 1. The minimum Gasteiger partial charge on any atom is -0.445 e. The van der Waals surface area contributed by atoms with Crippen LogP contribution in [0.3, 0.4) is 0 Å². The van der Waals surface area contributed by atoms with Gasteiger partial charge in [-0.25, -0.2) is 13.2 Å². The summed E-state index contributed by atoms with van der Waals surface area (Å²) in [6.45, 7) is 0.275. The Labute approximate surface area is 126 Å². The molecule has 2 N–H and O–H groups in total. The molecule has 0 spiro atoms. The molecular formula is C11H12Cl2N2O4S. The molecule has 1 aliphatic rings. The summed E-state index contributed by atoms with van der Waals surface area (Å²) in [6.07, 6.45) is -1.07. The van der Waals surface area contributed by atoms with Crippen LogP contribution in [0.15, 0.2) is 23.1 Å². The Bertz CT molecular complexity index is 635. The smallest absolute Gasteiger partial charge is 0.404 e. The van der Waals surface area contributed by atoms with Crippen molar-refractivity contribution >= 4 is 39.3 Å². The van der Waals surface area contributed by atoms with E-state index in [0.717, 1.165) is 0 Å². The Hall–Kier alpha value is -1.02. The van der Waals surface area contributed by atoms with Gasteiger partial charge >= 0.3 is 6.09 Å². The average Bonchev–Trinajstić information content (AvgIpc) is 2.80. The molecule has 1 atom stereocenters. The molecule has 1 amide bonds. The summed E-state index contributed by atoms with van der Waals surface area (Å²) in [6, 6.07) is 4.40. The lowest BCUT2D eigenvalue weighted by molar-refractivity contribution is 0.114. The monoisotopic (exact) mass is 338 g/mol. The molecule has 1 aliphatic heterocycles. The number of carbonyl (C=O) groups is 1. The van der Waals surface area contributed by atoms with Crippen LogP contribution in [-0.4, -0.2) is 38.0 Å². The summed E-state index contributed by atoms with van der Waals surface area (Å²) < 4.78 is 30.9. The Kier molecular flexibility index (Phi) is 4.43. The number of sulfonamides is 1. The number of primary amides is 1. The van der Waals surface area contributed by atoms with Crippen LogP contribution in [0.5, 0.6) is 0 Å². The quantitative estimate of drug-likeness (QED) is 0.910. The minimum atomic E-state index is -3.78. The highest BCUT2D eigenvalue weighted by atomic mass is 35.5. The van der Waals surface area contributed by atoms with Gasteiger partial charge < -0.3 is 10.5 Å². The van der Waals surface area contributed by atoms with Gasteiger partial charge in [-0.2, -0.15) is 4.31 Å². The van der Waals surface area contributed by atoms with Crippen LogP contribution < -0.4 is 5.73 Å². The van der Waals surface area contributed by atoms with Gasteiger partial charge in [0.25, 0.3) is 0 Å². The maximum atomic E-state index is 12.4. The van der Waals surface area contributed by atoms with E-state index in [4.69, 9.17) is 33.7 Å². The summed E-state index contributed by atoms with van der Waals surface area (Å²) in [5, 5.41) is 0.144. The van der Waals surface area contributed by atoms with E-state index >= 15 is 0 Å². The molecule has 1 heterocycles. The SMILES string of the molecule is NC(=O)OC1CCN(S(=O)(=O)c2cccc(Cl)c2Cl)C1. The van der Waals surface area contributed by atoms with Crippen LogP contribution in [-0.2, 0) is 14.8 Å². The predicted molar refractivity (Wildman–Crippen MR) is 74.3 cm³/mol. The third-order valence-electron chi connectivity index (χ3n) is 2.92. The number of amides is 1.